The lowest BCUT2D eigenvalue weighted by molar-refractivity contribution is 0.402. The molecule has 0 unspecified atom stereocenters. The predicted octanol–water partition coefficient (Wildman–Crippen LogP) is 4.53. The average Bonchev–Trinajstić information content (AvgIpc) is 2.64. The van der Waals surface area contributed by atoms with Crippen LogP contribution in [0.3, 0.4) is 0 Å². The van der Waals surface area contributed by atoms with Crippen molar-refractivity contribution in [3.63, 3.8) is 0 Å². The summed E-state index contributed by atoms with van der Waals surface area (Å²) in [4.78, 5) is 4.40. The van der Waals surface area contributed by atoms with Crippen molar-refractivity contribution in [2.75, 3.05) is 32.1 Å². The van der Waals surface area contributed by atoms with Crippen LogP contribution in [0.4, 0.5) is 11.4 Å². The summed E-state index contributed by atoms with van der Waals surface area (Å²) in [6, 6.07) is 10.4. The number of benzene rings is 2. The second kappa shape index (κ2) is 6.72. The van der Waals surface area contributed by atoms with Crippen molar-refractivity contribution >= 4 is 23.0 Å². The van der Waals surface area contributed by atoms with E-state index in [0.29, 0.717) is 12.1 Å². The first-order chi connectivity index (χ1) is 11.5. The number of hydrogen-bond acceptors (Lipinski definition) is 2. The van der Waals surface area contributed by atoms with Crippen LogP contribution in [-0.2, 0) is 12.8 Å². The molecule has 0 bridgehead atoms. The highest BCUT2D eigenvalue weighted by molar-refractivity contribution is 6.30. The first-order valence-corrected chi connectivity index (χ1v) is 8.14. The third-order valence-electron chi connectivity index (χ3n) is 4.11. The minimum absolute atomic E-state index is 0.413. The molecule has 0 N–H and O–H groups in total. The zero-order valence-corrected chi connectivity index (χ0v) is 14.0. The van der Waals surface area contributed by atoms with E-state index in [2.05, 4.69) is 30.0 Å². The summed E-state index contributed by atoms with van der Waals surface area (Å²) in [7, 11) is 4.15. The van der Waals surface area contributed by atoms with Crippen LogP contribution in [0.25, 0.3) is 0 Å². The van der Waals surface area contributed by atoms with Gasteiger partial charge in [0.1, 0.15) is 0 Å². The molecule has 2 aromatic carbocycles. The van der Waals surface area contributed by atoms with Crippen molar-refractivity contribution in [1.29, 1.82) is 0 Å². The van der Waals surface area contributed by atoms with E-state index in [0.717, 1.165) is 54.3 Å². The lowest BCUT2D eigenvalue weighted by Crippen LogP contribution is -2.24. The minimum Gasteiger partial charge on any atom is -0.341 e. The molecule has 3 rings (SSSR count). The SMILES string of the molecule is [2H]c1cc([2H])c2c(c1)CCc1ccc(Cl)cc1N2CCCN(C)C. The van der Waals surface area contributed by atoms with Gasteiger partial charge in [0.05, 0.1) is 2.74 Å². The molecule has 3 heteroatoms. The number of halogens is 1. The Kier molecular flexibility index (Phi) is 3.96. The van der Waals surface area contributed by atoms with E-state index in [-0.39, 0.29) is 0 Å². The van der Waals surface area contributed by atoms with Gasteiger partial charge in [0.2, 0.25) is 0 Å². The molecular formula is C19H23ClN2. The Bertz CT molecular complexity index is 746. The number of nitrogens with zero attached hydrogens (tertiary/aromatic N) is 2. The van der Waals surface area contributed by atoms with Gasteiger partial charge in [0.15, 0.2) is 0 Å². The Balaban J connectivity index is 2.07. The lowest BCUT2D eigenvalue weighted by atomic mass is 10.0. The molecule has 0 aliphatic carbocycles. The quantitative estimate of drug-likeness (QED) is 0.817. The maximum atomic E-state index is 8.43. The fourth-order valence-electron chi connectivity index (χ4n) is 3.02. The highest BCUT2D eigenvalue weighted by Gasteiger charge is 2.20. The molecule has 0 atom stereocenters. The Morgan fingerprint density at radius 1 is 1.18 bits per heavy atom. The third-order valence-corrected chi connectivity index (χ3v) is 4.35. The first kappa shape index (κ1) is 13.0. The van der Waals surface area contributed by atoms with Crippen LogP contribution in [0.5, 0.6) is 0 Å². The van der Waals surface area contributed by atoms with Crippen LogP contribution in [0, 0.1) is 0 Å². The Morgan fingerprint density at radius 2 is 1.95 bits per heavy atom. The number of hydrogen-bond donors (Lipinski definition) is 0. The Labute approximate surface area is 141 Å². The molecule has 0 radical (unpaired) electrons. The average molecular weight is 317 g/mol. The van der Waals surface area contributed by atoms with E-state index in [9.17, 15) is 0 Å². The summed E-state index contributed by atoms with van der Waals surface area (Å²) in [5.74, 6) is 0. The number of aryl methyl sites for hydroxylation is 2. The Morgan fingerprint density at radius 3 is 2.73 bits per heavy atom. The molecular weight excluding hydrogens is 292 g/mol. The van der Waals surface area contributed by atoms with Crippen LogP contribution < -0.4 is 4.90 Å². The van der Waals surface area contributed by atoms with Gasteiger partial charge in [-0.15, -0.1) is 0 Å². The summed E-state index contributed by atoms with van der Waals surface area (Å²) < 4.78 is 16.4. The summed E-state index contributed by atoms with van der Waals surface area (Å²) in [6.45, 7) is 1.83. The normalized spacial score (nSPS) is 15.0. The smallest absolute Gasteiger partial charge is 0.0645 e. The van der Waals surface area contributed by atoms with Gasteiger partial charge in [-0.05, 0) is 69.2 Å². The van der Waals surface area contributed by atoms with Crippen molar-refractivity contribution in [3.05, 3.63) is 58.6 Å². The molecule has 1 aliphatic rings. The second-order valence-corrected chi connectivity index (χ2v) is 6.49. The molecule has 0 fully saturated rings. The molecule has 0 saturated heterocycles. The molecule has 0 saturated carbocycles. The zero-order chi connectivity index (χ0) is 17.3. The molecule has 0 aromatic heterocycles. The van der Waals surface area contributed by atoms with Gasteiger partial charge in [-0.2, -0.15) is 0 Å². The number of anilines is 2. The monoisotopic (exact) mass is 316 g/mol. The van der Waals surface area contributed by atoms with E-state index in [1.165, 1.54) is 5.56 Å². The maximum absolute atomic E-state index is 8.43. The van der Waals surface area contributed by atoms with Crippen molar-refractivity contribution in [2.24, 2.45) is 0 Å². The van der Waals surface area contributed by atoms with Gasteiger partial charge in [-0.25, -0.2) is 0 Å². The molecule has 0 spiro atoms. The number of fused-ring (bicyclic) bond motifs is 2. The number of para-hydroxylation sites is 1. The van der Waals surface area contributed by atoms with Crippen molar-refractivity contribution < 1.29 is 2.74 Å². The fraction of sp³-hybridized carbons (Fsp3) is 0.368. The molecule has 1 heterocycles. The molecule has 22 heavy (non-hydrogen) atoms. The van der Waals surface area contributed by atoms with E-state index in [1.54, 1.807) is 6.07 Å². The summed E-state index contributed by atoms with van der Waals surface area (Å²) in [5.41, 5.74) is 4.38. The molecule has 116 valence electrons. The standard InChI is InChI=1S/C19H23ClN2/c1-21(2)12-5-13-22-18-7-4-3-6-15(18)8-9-16-10-11-17(20)14-19(16)22/h3-4,6-7,10-11,14H,5,8-9,12-13H2,1-2H3/i3D,7D. The van der Waals surface area contributed by atoms with Crippen LogP contribution in [0.2, 0.25) is 5.02 Å². The lowest BCUT2D eigenvalue weighted by Gasteiger charge is -2.27. The van der Waals surface area contributed by atoms with Crippen molar-refractivity contribution in [2.45, 2.75) is 19.3 Å². The van der Waals surface area contributed by atoms with E-state index in [4.69, 9.17) is 14.3 Å². The van der Waals surface area contributed by atoms with Gasteiger partial charge in [0.25, 0.3) is 0 Å². The topological polar surface area (TPSA) is 6.48 Å². The van der Waals surface area contributed by atoms with Gasteiger partial charge in [-0.1, -0.05) is 35.8 Å². The van der Waals surface area contributed by atoms with E-state index < -0.39 is 0 Å². The van der Waals surface area contributed by atoms with Crippen LogP contribution in [0.1, 0.15) is 20.3 Å². The molecule has 2 nitrogen and oxygen atoms in total. The fourth-order valence-corrected chi connectivity index (χ4v) is 3.19. The van der Waals surface area contributed by atoms with Crippen molar-refractivity contribution in [3.8, 4) is 0 Å². The van der Waals surface area contributed by atoms with Gasteiger partial charge >= 0.3 is 0 Å². The minimum atomic E-state index is 0.413. The van der Waals surface area contributed by atoms with Gasteiger partial charge in [0, 0.05) is 22.9 Å². The molecule has 0 amide bonds. The van der Waals surface area contributed by atoms with E-state index >= 15 is 0 Å². The van der Waals surface area contributed by atoms with Gasteiger partial charge in [-0.3, -0.25) is 0 Å². The number of rotatable bonds is 4. The molecule has 2 aromatic rings. The predicted molar refractivity (Wildman–Crippen MR) is 95.5 cm³/mol. The summed E-state index contributed by atoms with van der Waals surface area (Å²) in [6.07, 6.45) is 2.76. The summed E-state index contributed by atoms with van der Waals surface area (Å²) >= 11 is 6.26. The molecule has 1 aliphatic heterocycles. The maximum Gasteiger partial charge on any atom is 0.0645 e. The van der Waals surface area contributed by atoms with Crippen LogP contribution in [0.15, 0.2) is 42.4 Å². The highest BCUT2D eigenvalue weighted by Crippen LogP contribution is 2.37. The van der Waals surface area contributed by atoms with Crippen LogP contribution >= 0.6 is 11.6 Å². The highest BCUT2D eigenvalue weighted by atomic mass is 35.5. The second-order valence-electron chi connectivity index (χ2n) is 6.06. The van der Waals surface area contributed by atoms with Crippen LogP contribution in [-0.4, -0.2) is 32.1 Å². The van der Waals surface area contributed by atoms with Crippen molar-refractivity contribution in [1.82, 2.24) is 4.90 Å². The Hall–Kier alpha value is -1.51. The van der Waals surface area contributed by atoms with Gasteiger partial charge < -0.3 is 9.80 Å². The first-order valence-electron chi connectivity index (χ1n) is 8.76. The summed E-state index contributed by atoms with van der Waals surface area (Å²) in [5, 5.41) is 0.721. The third kappa shape index (κ3) is 3.29. The zero-order valence-electron chi connectivity index (χ0n) is 15.2. The largest absolute Gasteiger partial charge is 0.341 e. The van der Waals surface area contributed by atoms with E-state index in [1.807, 2.05) is 18.2 Å².